The Bertz CT molecular complexity index is 232. The normalized spacial score (nSPS) is 9.29. The number of rotatable bonds is 3. The van der Waals surface area contributed by atoms with Crippen LogP contribution in [0.4, 0.5) is 0 Å². The van der Waals surface area contributed by atoms with Gasteiger partial charge in [-0.05, 0) is 28.2 Å². The van der Waals surface area contributed by atoms with E-state index in [-0.39, 0.29) is 0 Å². The van der Waals surface area contributed by atoms with Gasteiger partial charge in [0.25, 0.3) is 0 Å². The molecule has 0 radical (unpaired) electrons. The molecule has 4 heteroatoms. The Morgan fingerprint density at radius 2 is 1.53 bits per heavy atom. The summed E-state index contributed by atoms with van der Waals surface area (Å²) in [6.45, 7) is 4.32. The molecule has 2 nitrogen and oxygen atoms in total. The fraction of sp³-hybridized carbons (Fsp3) is 0.538. The number of benzene rings is 1. The van der Waals surface area contributed by atoms with Crippen LogP contribution < -0.4 is 0 Å². The molecule has 0 aromatic heterocycles. The van der Waals surface area contributed by atoms with Crippen molar-refractivity contribution in [3.8, 4) is 0 Å². The molecule has 0 aliphatic carbocycles. The van der Waals surface area contributed by atoms with E-state index in [0.717, 1.165) is 13.1 Å². The van der Waals surface area contributed by atoms with Crippen molar-refractivity contribution >= 4 is 10.2 Å². The van der Waals surface area contributed by atoms with Gasteiger partial charge in [0.2, 0.25) is 0 Å². The zero-order valence-corrected chi connectivity index (χ0v) is 13.1. The van der Waals surface area contributed by atoms with Gasteiger partial charge in [0.05, 0.1) is 0 Å². The van der Waals surface area contributed by atoms with Crippen molar-refractivity contribution < 1.29 is 14.6 Å². The van der Waals surface area contributed by atoms with E-state index in [1.807, 2.05) is 31.2 Å². The molecule has 1 aromatic carbocycles. The molecule has 0 N–H and O–H groups in total. The topological polar surface area (TPSA) is 6.48 Å². The van der Waals surface area contributed by atoms with E-state index in [2.05, 4.69) is 68.8 Å². The van der Waals surface area contributed by atoms with Crippen molar-refractivity contribution in [1.82, 2.24) is 9.80 Å². The van der Waals surface area contributed by atoms with Crippen LogP contribution in [0.3, 0.4) is 0 Å². The van der Waals surface area contributed by atoms with Crippen LogP contribution in [0.5, 0.6) is 0 Å². The molecule has 17 heavy (non-hydrogen) atoms. The van der Waals surface area contributed by atoms with Gasteiger partial charge in [-0.25, -0.2) is 0 Å². The molecule has 0 aliphatic heterocycles. The Kier molecular flexibility index (Phi) is 15.9. The fourth-order valence-electron chi connectivity index (χ4n) is 0.883. The Balaban J connectivity index is 0. The van der Waals surface area contributed by atoms with E-state index in [1.165, 1.54) is 5.56 Å². The Labute approximate surface area is 119 Å². The average molecular weight is 301 g/mol. The van der Waals surface area contributed by atoms with Crippen molar-refractivity contribution in [1.29, 1.82) is 0 Å². The second-order valence-corrected chi connectivity index (χ2v) is 4.15. The number of hydrogen-bond donors (Lipinski definition) is 0. The molecule has 0 aliphatic rings. The number of likely N-dealkylation sites (N-methyl/N-ethyl adjacent to an activating group) is 2. The van der Waals surface area contributed by atoms with Crippen LogP contribution in [0.1, 0.15) is 5.56 Å². The monoisotopic (exact) mass is 300 g/mol. The molecule has 0 unspecified atom stereocenters. The van der Waals surface area contributed by atoms with Gasteiger partial charge < -0.3 is 9.80 Å². The van der Waals surface area contributed by atoms with Gasteiger partial charge in [0.1, 0.15) is 0 Å². The zero-order valence-electron chi connectivity index (χ0n) is 11.3. The predicted octanol–water partition coefficient (Wildman–Crippen LogP) is 2.59. The van der Waals surface area contributed by atoms with Gasteiger partial charge in [-0.15, -0.1) is 0 Å². The first-order chi connectivity index (χ1) is 8.02. The van der Waals surface area contributed by atoms with Crippen LogP contribution in [-0.4, -0.2) is 51.1 Å². The van der Waals surface area contributed by atoms with Crippen LogP contribution in [-0.2, 0) is 14.6 Å². The summed E-state index contributed by atoms with van der Waals surface area (Å²) >= 11 is 3.35. The van der Waals surface area contributed by atoms with Crippen LogP contribution in [0.2, 0.25) is 0 Å². The summed E-state index contributed by atoms with van der Waals surface area (Å²) in [5.74, 6) is 0. The molecule has 0 amide bonds. The summed E-state index contributed by atoms with van der Waals surface area (Å²) in [7, 11) is 12.6. The van der Waals surface area contributed by atoms with Gasteiger partial charge in [0, 0.05) is 13.1 Å². The third-order valence-corrected chi connectivity index (χ3v) is 1.86. The molecule has 1 rings (SSSR count). The molecule has 0 saturated carbocycles. The molecule has 103 valence electrons. The second-order valence-electron chi connectivity index (χ2n) is 4.15. The molecule has 0 saturated heterocycles. The van der Waals surface area contributed by atoms with Gasteiger partial charge in [-0.1, -0.05) is 6.92 Å². The van der Waals surface area contributed by atoms with E-state index < -0.39 is 0 Å². The number of nitrogens with zero attached hydrogens (tertiary/aromatic N) is 2. The summed E-state index contributed by atoms with van der Waals surface area (Å²) < 4.78 is 0. The van der Waals surface area contributed by atoms with Crippen LogP contribution in [0.25, 0.3) is 0 Å². The Morgan fingerprint density at radius 3 is 1.71 bits per heavy atom. The van der Waals surface area contributed by atoms with Gasteiger partial charge in [-0.3, -0.25) is 0 Å². The fourth-order valence-corrected chi connectivity index (χ4v) is 0.883. The van der Waals surface area contributed by atoms with E-state index in [1.54, 1.807) is 0 Å². The summed E-state index contributed by atoms with van der Waals surface area (Å²) in [6.07, 6.45) is 0. The van der Waals surface area contributed by atoms with E-state index in [4.69, 9.17) is 0 Å². The van der Waals surface area contributed by atoms with Crippen molar-refractivity contribution in [2.75, 3.05) is 41.3 Å². The summed E-state index contributed by atoms with van der Waals surface area (Å²) in [4.78, 5) is 4.36. The third-order valence-electron chi connectivity index (χ3n) is 1.86. The van der Waals surface area contributed by atoms with Gasteiger partial charge in [-0.2, -0.15) is 35.9 Å². The van der Waals surface area contributed by atoms with Crippen LogP contribution in [0, 0.1) is 13.0 Å². The quantitative estimate of drug-likeness (QED) is 0.625. The SMILES string of the molecule is CN(C)CCN(C)C.Cc1[c-]cccc1.[Cl][Ni]. The molecule has 1 aromatic rings. The minimum absolute atomic E-state index is 1.15. The van der Waals surface area contributed by atoms with Crippen molar-refractivity contribution in [2.24, 2.45) is 0 Å². The van der Waals surface area contributed by atoms with Crippen LogP contribution >= 0.6 is 10.2 Å². The standard InChI is InChI=1S/C7H7.C6H16N2.ClH.Ni/c1-7-5-3-2-4-6-7;1-7(2)5-6-8(3)4;;/h2-5H,1H3;5-6H2,1-4H3;1H;/q-1;;;+1/p-1. The summed E-state index contributed by atoms with van der Waals surface area (Å²) in [5.41, 5.74) is 1.20. The van der Waals surface area contributed by atoms with Crippen molar-refractivity contribution in [2.45, 2.75) is 6.92 Å². The second kappa shape index (κ2) is 14.0. The van der Waals surface area contributed by atoms with E-state index >= 15 is 0 Å². The first kappa shape index (κ1) is 19.3. The van der Waals surface area contributed by atoms with Crippen LogP contribution in [0.15, 0.2) is 24.3 Å². The maximum absolute atomic E-state index is 4.26. The van der Waals surface area contributed by atoms with Gasteiger partial charge in [0.15, 0.2) is 0 Å². The molecule has 0 bridgehead atoms. The molecule has 0 fully saturated rings. The first-order valence-electron chi connectivity index (χ1n) is 5.37. The predicted molar refractivity (Wildman–Crippen MR) is 73.0 cm³/mol. The molecular weight excluding hydrogens is 278 g/mol. The van der Waals surface area contributed by atoms with Crippen molar-refractivity contribution in [3.63, 3.8) is 0 Å². The third kappa shape index (κ3) is 18.5. The summed E-state index contributed by atoms with van der Waals surface area (Å²) in [5, 5.41) is 0. The van der Waals surface area contributed by atoms with E-state index in [0.29, 0.717) is 0 Å². The Hall–Kier alpha value is -0.0765. The number of aryl methyl sites for hydroxylation is 1. The number of halogens is 1. The number of hydrogen-bond acceptors (Lipinski definition) is 2. The molecular formula is C13H23ClN2Ni-. The summed E-state index contributed by atoms with van der Waals surface area (Å²) in [6, 6.07) is 10.9. The van der Waals surface area contributed by atoms with E-state index in [9.17, 15) is 0 Å². The average Bonchev–Trinajstić information content (AvgIpc) is 2.31. The van der Waals surface area contributed by atoms with Gasteiger partial charge >= 0.3 is 24.8 Å². The first-order valence-corrected chi connectivity index (χ1v) is 6.73. The minimum atomic E-state index is 1.15. The molecule has 0 atom stereocenters. The van der Waals surface area contributed by atoms with Crippen molar-refractivity contribution in [3.05, 3.63) is 35.9 Å². The molecule has 0 heterocycles. The Morgan fingerprint density at radius 1 is 1.06 bits per heavy atom. The zero-order chi connectivity index (χ0) is 13.7. The molecule has 0 spiro atoms. The maximum atomic E-state index is 4.26.